The Kier molecular flexibility index (Phi) is 4.20. The number of benzene rings is 1. The Labute approximate surface area is 175 Å². The molecule has 3 aromatic rings. The van der Waals surface area contributed by atoms with Crippen LogP contribution in [-0.2, 0) is 12.6 Å². The first-order chi connectivity index (χ1) is 14.4. The van der Waals surface area contributed by atoms with E-state index in [-0.39, 0.29) is 12.1 Å². The first kappa shape index (κ1) is 18.8. The molecule has 2 amide bonds. The maximum Gasteiger partial charge on any atom is 0.323 e. The summed E-state index contributed by atoms with van der Waals surface area (Å²) in [6, 6.07) is 7.97. The van der Waals surface area contributed by atoms with Crippen molar-refractivity contribution in [3.63, 3.8) is 0 Å². The van der Waals surface area contributed by atoms with Crippen molar-refractivity contribution in [2.75, 3.05) is 5.32 Å². The number of aromatic nitrogens is 4. The smallest absolute Gasteiger partial charge is 0.323 e. The van der Waals surface area contributed by atoms with Crippen LogP contribution in [0.25, 0.3) is 11.3 Å². The van der Waals surface area contributed by atoms with Crippen LogP contribution in [-0.4, -0.2) is 37.0 Å². The van der Waals surface area contributed by atoms with Crippen molar-refractivity contribution in [2.24, 2.45) is 13.0 Å². The molecule has 2 fully saturated rings. The summed E-state index contributed by atoms with van der Waals surface area (Å²) in [6.45, 7) is 6.05. The van der Waals surface area contributed by atoms with Crippen LogP contribution in [0, 0.1) is 19.8 Å². The van der Waals surface area contributed by atoms with Crippen molar-refractivity contribution < 1.29 is 9.21 Å². The molecule has 2 unspecified atom stereocenters. The van der Waals surface area contributed by atoms with Gasteiger partial charge in [-0.05, 0) is 49.4 Å². The number of carbonyl (C=O) groups excluding carboxylic acids is 1. The molecule has 3 heterocycles. The van der Waals surface area contributed by atoms with Gasteiger partial charge in [-0.3, -0.25) is 4.68 Å². The summed E-state index contributed by atoms with van der Waals surface area (Å²) in [5.41, 5.74) is 3.26. The zero-order valence-electron chi connectivity index (χ0n) is 17.7. The molecule has 1 aromatic carbocycles. The van der Waals surface area contributed by atoms with E-state index < -0.39 is 5.54 Å². The molecule has 1 aliphatic carbocycles. The fourth-order valence-electron chi connectivity index (χ4n) is 5.15. The monoisotopic (exact) mass is 406 g/mol. The molecule has 1 N–H and O–H groups in total. The van der Waals surface area contributed by atoms with Gasteiger partial charge in [0.2, 0.25) is 11.8 Å². The van der Waals surface area contributed by atoms with Gasteiger partial charge < -0.3 is 14.6 Å². The van der Waals surface area contributed by atoms with E-state index >= 15 is 0 Å². The third-order valence-electron chi connectivity index (χ3n) is 6.38. The van der Waals surface area contributed by atoms with Crippen molar-refractivity contribution >= 4 is 11.7 Å². The fourth-order valence-corrected chi connectivity index (χ4v) is 5.15. The predicted octanol–water partition coefficient (Wildman–Crippen LogP) is 4.02. The fraction of sp³-hybridized carbons (Fsp3) is 0.455. The third-order valence-corrected chi connectivity index (χ3v) is 6.38. The molecule has 156 valence electrons. The molecule has 3 atom stereocenters. The summed E-state index contributed by atoms with van der Waals surface area (Å²) in [4.78, 5) is 15.3. The maximum absolute atomic E-state index is 13.3. The van der Waals surface area contributed by atoms with E-state index in [1.165, 1.54) is 0 Å². The van der Waals surface area contributed by atoms with Gasteiger partial charge in [0.05, 0.1) is 5.69 Å². The van der Waals surface area contributed by atoms with Gasteiger partial charge in [-0.1, -0.05) is 13.0 Å². The van der Waals surface area contributed by atoms with Crippen LogP contribution in [0.3, 0.4) is 0 Å². The van der Waals surface area contributed by atoms with Crippen molar-refractivity contribution in [1.29, 1.82) is 0 Å². The van der Waals surface area contributed by atoms with E-state index in [2.05, 4.69) is 27.5 Å². The number of piperidine rings is 1. The number of hydrogen-bond acceptors (Lipinski definition) is 5. The molecule has 30 heavy (non-hydrogen) atoms. The lowest BCUT2D eigenvalue weighted by atomic mass is 9.64. The lowest BCUT2D eigenvalue weighted by Crippen LogP contribution is -2.70. The molecule has 8 nitrogen and oxygen atoms in total. The van der Waals surface area contributed by atoms with E-state index in [1.807, 2.05) is 49.3 Å². The van der Waals surface area contributed by atoms with Crippen LogP contribution in [0.1, 0.15) is 43.5 Å². The Balaban J connectivity index is 1.43. The molecule has 2 bridgehead atoms. The molecule has 2 aromatic heterocycles. The van der Waals surface area contributed by atoms with Crippen molar-refractivity contribution in [3.8, 4) is 11.3 Å². The van der Waals surface area contributed by atoms with Crippen LogP contribution in [0.4, 0.5) is 10.5 Å². The Morgan fingerprint density at radius 3 is 2.77 bits per heavy atom. The van der Waals surface area contributed by atoms with Gasteiger partial charge in [0.15, 0.2) is 0 Å². The van der Waals surface area contributed by atoms with Crippen LogP contribution < -0.4 is 5.32 Å². The van der Waals surface area contributed by atoms with Crippen LogP contribution in [0.2, 0.25) is 0 Å². The minimum Gasteiger partial charge on any atom is -0.423 e. The minimum atomic E-state index is -0.498. The average molecular weight is 406 g/mol. The second-order valence-electron chi connectivity index (χ2n) is 8.77. The quantitative estimate of drug-likeness (QED) is 0.710. The van der Waals surface area contributed by atoms with E-state index in [4.69, 9.17) is 4.42 Å². The Morgan fingerprint density at radius 1 is 1.23 bits per heavy atom. The van der Waals surface area contributed by atoms with Crippen molar-refractivity contribution in [1.82, 2.24) is 24.9 Å². The van der Waals surface area contributed by atoms with Crippen molar-refractivity contribution in [2.45, 2.75) is 51.6 Å². The summed E-state index contributed by atoms with van der Waals surface area (Å²) < 4.78 is 7.56. The number of nitrogens with zero attached hydrogens (tertiary/aromatic N) is 5. The maximum atomic E-state index is 13.3. The highest BCUT2D eigenvalue weighted by Gasteiger charge is 2.62. The van der Waals surface area contributed by atoms with Crippen LogP contribution in [0.5, 0.6) is 0 Å². The molecule has 1 saturated carbocycles. The number of hydrogen-bond donors (Lipinski definition) is 1. The molecule has 5 rings (SSSR count). The van der Waals surface area contributed by atoms with Crippen LogP contribution >= 0.6 is 0 Å². The molecular formula is C22H26N6O2. The number of fused-ring (bicyclic) bond motifs is 2. The van der Waals surface area contributed by atoms with Gasteiger partial charge in [-0.15, -0.1) is 10.2 Å². The summed E-state index contributed by atoms with van der Waals surface area (Å²) in [5.74, 6) is 1.59. The van der Waals surface area contributed by atoms with E-state index in [0.29, 0.717) is 17.7 Å². The molecule has 8 heteroatoms. The Hall–Kier alpha value is -3.16. The molecule has 0 spiro atoms. The molecule has 0 radical (unpaired) electrons. The van der Waals surface area contributed by atoms with Crippen LogP contribution in [0.15, 0.2) is 34.9 Å². The zero-order chi connectivity index (χ0) is 21.0. The number of likely N-dealkylation sites (tertiary alicyclic amines) is 1. The minimum absolute atomic E-state index is 0.121. The SMILES string of the molecule is Cc1nnc(C23CC(C)C[C@H](C2)N3C(=O)Nc2ccc(C)c(-c3ccn(C)n3)c2)o1. The number of anilines is 1. The number of carbonyl (C=O) groups is 1. The van der Waals surface area contributed by atoms with Crippen molar-refractivity contribution in [3.05, 3.63) is 47.8 Å². The molecular weight excluding hydrogens is 380 g/mol. The van der Waals surface area contributed by atoms with Gasteiger partial charge in [0.1, 0.15) is 5.54 Å². The average Bonchev–Trinajstić information content (AvgIpc) is 3.31. The van der Waals surface area contributed by atoms with Gasteiger partial charge in [-0.25, -0.2) is 4.79 Å². The number of urea groups is 1. The highest BCUT2D eigenvalue weighted by atomic mass is 16.4. The first-order valence-corrected chi connectivity index (χ1v) is 10.4. The molecule has 2 aliphatic rings. The lowest BCUT2D eigenvalue weighted by Gasteiger charge is -2.61. The standard InChI is InChI=1S/C22H26N6O2/c1-13-9-17-12-22(11-13,20-25-24-15(3)30-20)28(17)21(29)23-16-6-5-14(2)18(10-16)19-7-8-27(4)26-19/h5-8,10,13,17H,9,11-12H2,1-4H3,(H,23,29)/t13?,17-,22?/m1/s1. The van der Waals surface area contributed by atoms with Gasteiger partial charge in [0.25, 0.3) is 0 Å². The Morgan fingerprint density at radius 2 is 2.07 bits per heavy atom. The first-order valence-electron chi connectivity index (χ1n) is 10.4. The second kappa shape index (κ2) is 6.68. The summed E-state index contributed by atoms with van der Waals surface area (Å²) >= 11 is 0. The summed E-state index contributed by atoms with van der Waals surface area (Å²) in [7, 11) is 1.90. The van der Waals surface area contributed by atoms with E-state index in [9.17, 15) is 4.79 Å². The predicted molar refractivity (Wildman–Crippen MR) is 112 cm³/mol. The third kappa shape index (κ3) is 2.89. The van der Waals surface area contributed by atoms with Gasteiger partial charge in [-0.2, -0.15) is 5.10 Å². The Bertz CT molecular complexity index is 1120. The lowest BCUT2D eigenvalue weighted by molar-refractivity contribution is -0.110. The molecule has 1 aliphatic heterocycles. The highest BCUT2D eigenvalue weighted by Crippen LogP contribution is 2.55. The largest absolute Gasteiger partial charge is 0.423 e. The second-order valence-corrected chi connectivity index (χ2v) is 8.77. The number of rotatable bonds is 3. The summed E-state index contributed by atoms with van der Waals surface area (Å²) in [5, 5.41) is 15.9. The van der Waals surface area contributed by atoms with Gasteiger partial charge in [0, 0.05) is 43.9 Å². The number of nitrogens with one attached hydrogen (secondary N) is 1. The number of aryl methyl sites for hydroxylation is 3. The molecule has 1 saturated heterocycles. The zero-order valence-corrected chi connectivity index (χ0v) is 17.7. The van der Waals surface area contributed by atoms with E-state index in [1.54, 1.807) is 11.6 Å². The normalized spacial score (nSPS) is 25.1. The number of amides is 2. The van der Waals surface area contributed by atoms with Gasteiger partial charge >= 0.3 is 6.03 Å². The summed E-state index contributed by atoms with van der Waals surface area (Å²) in [6.07, 6.45) is 4.62. The topological polar surface area (TPSA) is 89.1 Å². The van der Waals surface area contributed by atoms with E-state index in [0.717, 1.165) is 41.8 Å². The highest BCUT2D eigenvalue weighted by molar-refractivity contribution is 5.92.